The first-order valence-corrected chi connectivity index (χ1v) is 20.7. The van der Waals surface area contributed by atoms with Gasteiger partial charge in [-0.1, -0.05) is 25.0 Å². The molecule has 60 heavy (non-hydrogen) atoms. The number of thiazole rings is 1. The van der Waals surface area contributed by atoms with Crippen molar-refractivity contribution in [1.82, 2.24) is 35.3 Å². The molecule has 2 saturated heterocycles. The highest BCUT2D eigenvalue weighted by Crippen LogP contribution is 2.32. The minimum absolute atomic E-state index is 0.0504. The van der Waals surface area contributed by atoms with Crippen LogP contribution in [0.4, 0.5) is 10.8 Å². The van der Waals surface area contributed by atoms with Gasteiger partial charge in [-0.3, -0.25) is 54.1 Å². The van der Waals surface area contributed by atoms with E-state index < -0.39 is 35.6 Å². The molecule has 0 saturated carbocycles. The number of piperidine rings is 1. The van der Waals surface area contributed by atoms with Gasteiger partial charge in [0.2, 0.25) is 11.8 Å². The summed E-state index contributed by atoms with van der Waals surface area (Å²) < 4.78 is 5.83. The van der Waals surface area contributed by atoms with E-state index in [9.17, 15) is 33.6 Å². The van der Waals surface area contributed by atoms with Gasteiger partial charge >= 0.3 is 0 Å². The molecular formula is C42H45N9O8S. The number of benzene rings is 2. The van der Waals surface area contributed by atoms with Gasteiger partial charge in [-0.2, -0.15) is 0 Å². The molecule has 2 fully saturated rings. The van der Waals surface area contributed by atoms with Gasteiger partial charge in [-0.05, 0) is 68.8 Å². The molecule has 0 spiro atoms. The molecule has 0 radical (unpaired) electrons. The van der Waals surface area contributed by atoms with Crippen molar-refractivity contribution < 1.29 is 38.3 Å². The Hall–Kier alpha value is -6.53. The lowest BCUT2D eigenvalue weighted by Gasteiger charge is -2.32. The summed E-state index contributed by atoms with van der Waals surface area (Å²) in [6, 6.07) is 14.0. The van der Waals surface area contributed by atoms with Crippen LogP contribution in [0.3, 0.4) is 0 Å². The average Bonchev–Trinajstić information content (AvgIpc) is 3.82. The van der Waals surface area contributed by atoms with Crippen LogP contribution in [0.2, 0.25) is 0 Å². The third-order valence-corrected chi connectivity index (χ3v) is 11.2. The van der Waals surface area contributed by atoms with E-state index in [1.165, 1.54) is 23.5 Å². The highest BCUT2D eigenvalue weighted by molar-refractivity contribution is 7.14. The number of aromatic nitrogens is 2. The van der Waals surface area contributed by atoms with E-state index in [0.717, 1.165) is 37.3 Å². The summed E-state index contributed by atoms with van der Waals surface area (Å²) >= 11 is 1.25. The fraction of sp³-hybridized carbons (Fsp3) is 0.357. The number of nitrogens with zero attached hydrogens (tertiary/aromatic N) is 5. The smallest absolute Gasteiger partial charge is 0.264 e. The molecule has 18 heteroatoms. The van der Waals surface area contributed by atoms with Crippen molar-refractivity contribution in [2.24, 2.45) is 0 Å². The van der Waals surface area contributed by atoms with E-state index in [0.29, 0.717) is 54.8 Å². The van der Waals surface area contributed by atoms with Gasteiger partial charge in [0, 0.05) is 74.1 Å². The molecule has 7 rings (SSSR count). The molecule has 0 bridgehead atoms. The topological polar surface area (TPSA) is 212 Å². The summed E-state index contributed by atoms with van der Waals surface area (Å²) in [7, 11) is 2.00. The molecule has 3 aliphatic rings. The molecule has 2 aromatic heterocycles. The largest absolute Gasteiger partial charge is 0.484 e. The highest BCUT2D eigenvalue weighted by atomic mass is 32.1. The summed E-state index contributed by atoms with van der Waals surface area (Å²) in [5.41, 5.74) is 2.69. The summed E-state index contributed by atoms with van der Waals surface area (Å²) in [4.78, 5) is 104. The Morgan fingerprint density at radius 2 is 1.67 bits per heavy atom. The van der Waals surface area contributed by atoms with Gasteiger partial charge in [0.15, 0.2) is 11.7 Å². The number of fused-ring (bicyclic) bond motifs is 1. The average molecular weight is 836 g/mol. The molecule has 7 amide bonds. The van der Waals surface area contributed by atoms with E-state index in [-0.39, 0.29) is 59.3 Å². The maximum absolute atomic E-state index is 13.6. The Morgan fingerprint density at radius 1 is 0.883 bits per heavy atom. The Balaban J connectivity index is 0.869. The summed E-state index contributed by atoms with van der Waals surface area (Å²) in [5, 5.41) is 13.3. The molecule has 4 N–H and O–H groups in total. The minimum atomic E-state index is -1.03. The van der Waals surface area contributed by atoms with Crippen molar-refractivity contribution in [2.45, 2.75) is 44.6 Å². The molecule has 1 unspecified atom stereocenters. The van der Waals surface area contributed by atoms with Gasteiger partial charge in [-0.25, -0.2) is 4.98 Å². The normalized spacial score (nSPS) is 16.6. The number of nitrogens with one attached hydrogen (secondary N) is 4. The number of piperazine rings is 1. The number of amides is 7. The Labute approximate surface area is 349 Å². The number of ether oxygens (including phenoxy) is 1. The second kappa shape index (κ2) is 19.0. The van der Waals surface area contributed by atoms with Crippen LogP contribution in [0.5, 0.6) is 5.75 Å². The fourth-order valence-electron chi connectivity index (χ4n) is 7.18. The number of pyridine rings is 1. The first kappa shape index (κ1) is 41.6. The van der Waals surface area contributed by atoms with Crippen LogP contribution in [0.1, 0.15) is 80.0 Å². The van der Waals surface area contributed by atoms with Gasteiger partial charge < -0.3 is 25.2 Å². The SMILES string of the molecule is CN1CCN(C(=O)c2cc(OCC(=O)NCCCCCCNc3cccc4c3C(=O)N(C3CCC(=O)NC3=O)C4=O)cc(C(=O)Nc3nc(-c4ccccn4)cs3)c2)CC1. The van der Waals surface area contributed by atoms with Crippen LogP contribution < -0.4 is 26.0 Å². The van der Waals surface area contributed by atoms with Crippen LogP contribution in [-0.4, -0.2) is 125 Å². The molecule has 1 atom stereocenters. The van der Waals surface area contributed by atoms with Gasteiger partial charge in [-0.15, -0.1) is 11.3 Å². The minimum Gasteiger partial charge on any atom is -0.484 e. The van der Waals surface area contributed by atoms with Crippen molar-refractivity contribution in [2.75, 3.05) is 63.6 Å². The molecule has 0 aliphatic carbocycles. The van der Waals surface area contributed by atoms with E-state index >= 15 is 0 Å². The lowest BCUT2D eigenvalue weighted by Crippen LogP contribution is -2.54. The number of carbonyl (C=O) groups is 7. The van der Waals surface area contributed by atoms with Gasteiger partial charge in [0.1, 0.15) is 17.5 Å². The van der Waals surface area contributed by atoms with Crippen molar-refractivity contribution >= 4 is 63.5 Å². The number of carbonyl (C=O) groups excluding carboxylic acids is 7. The predicted octanol–water partition coefficient (Wildman–Crippen LogP) is 3.41. The maximum Gasteiger partial charge on any atom is 0.264 e. The van der Waals surface area contributed by atoms with Gasteiger partial charge in [0.05, 0.1) is 16.8 Å². The Morgan fingerprint density at radius 3 is 2.43 bits per heavy atom. The number of anilines is 2. The summed E-state index contributed by atoms with van der Waals surface area (Å²) in [6.45, 7) is 3.17. The zero-order valence-electron chi connectivity index (χ0n) is 33.0. The summed E-state index contributed by atoms with van der Waals surface area (Å²) in [5.74, 6) is -3.07. The van der Waals surface area contributed by atoms with Crippen LogP contribution in [0.15, 0.2) is 66.2 Å². The number of likely N-dealkylation sites (N-methyl/N-ethyl adjacent to an activating group) is 1. The monoisotopic (exact) mass is 835 g/mol. The number of imide groups is 2. The zero-order valence-corrected chi connectivity index (χ0v) is 33.8. The number of rotatable bonds is 16. The third-order valence-electron chi connectivity index (χ3n) is 10.4. The van der Waals surface area contributed by atoms with E-state index in [1.54, 1.807) is 46.8 Å². The Bertz CT molecular complexity index is 2290. The quantitative estimate of drug-likeness (QED) is 0.0945. The van der Waals surface area contributed by atoms with Crippen LogP contribution in [0, 0.1) is 0 Å². The predicted molar refractivity (Wildman–Crippen MR) is 222 cm³/mol. The summed E-state index contributed by atoms with van der Waals surface area (Å²) in [6.07, 6.45) is 4.91. The lowest BCUT2D eigenvalue weighted by molar-refractivity contribution is -0.136. The molecule has 17 nitrogen and oxygen atoms in total. The zero-order chi connectivity index (χ0) is 42.2. The van der Waals surface area contributed by atoms with Crippen molar-refractivity contribution in [3.8, 4) is 17.1 Å². The fourth-order valence-corrected chi connectivity index (χ4v) is 7.88. The lowest BCUT2D eigenvalue weighted by atomic mass is 10.0. The van der Waals surface area contributed by atoms with Crippen LogP contribution >= 0.6 is 11.3 Å². The number of hydrogen-bond acceptors (Lipinski definition) is 13. The second-order valence-corrected chi connectivity index (χ2v) is 15.6. The van der Waals surface area contributed by atoms with E-state index in [2.05, 4.69) is 36.1 Å². The molecule has 312 valence electrons. The van der Waals surface area contributed by atoms with Crippen molar-refractivity contribution in [1.29, 1.82) is 0 Å². The molecule has 4 aromatic rings. The van der Waals surface area contributed by atoms with Crippen LogP contribution in [0.25, 0.3) is 11.4 Å². The molecule has 2 aromatic carbocycles. The van der Waals surface area contributed by atoms with Crippen LogP contribution in [-0.2, 0) is 14.4 Å². The van der Waals surface area contributed by atoms with E-state index in [1.807, 2.05) is 19.2 Å². The first-order valence-electron chi connectivity index (χ1n) is 19.8. The standard InChI is InChI=1S/C42H45N9O8S/c1-49-17-19-50(20-18-49)39(56)27-21-26(37(54)48-42-46-32(25-60-42)30-10-4-7-15-43-30)22-28(23-27)59-24-35(53)45-16-6-3-2-5-14-44-31-11-8-9-29-36(31)41(58)51(40(29)57)33-12-13-34(52)47-38(33)55/h4,7-11,15,21-23,25,33,44H,2-3,5-6,12-14,16-20,24H2,1H3,(H,45,53)(H,46,48,54)(H,47,52,55). The highest BCUT2D eigenvalue weighted by Gasteiger charge is 2.45. The first-order chi connectivity index (χ1) is 29.0. The van der Waals surface area contributed by atoms with Gasteiger partial charge in [0.25, 0.3) is 29.5 Å². The maximum atomic E-state index is 13.6. The van der Waals surface area contributed by atoms with Crippen molar-refractivity contribution in [3.63, 3.8) is 0 Å². The third kappa shape index (κ3) is 9.83. The second-order valence-electron chi connectivity index (χ2n) is 14.7. The number of unbranched alkanes of at least 4 members (excludes halogenated alkanes) is 3. The van der Waals surface area contributed by atoms with E-state index in [4.69, 9.17) is 4.74 Å². The number of hydrogen-bond donors (Lipinski definition) is 4. The molecule has 3 aliphatic heterocycles. The molecule has 5 heterocycles. The van der Waals surface area contributed by atoms with Crippen molar-refractivity contribution in [3.05, 3.63) is 88.4 Å². The molecular weight excluding hydrogens is 791 g/mol. The Kier molecular flexibility index (Phi) is 13.2.